The topological polar surface area (TPSA) is 67.7 Å². The average Bonchev–Trinajstić information content (AvgIpc) is 2.84. The van der Waals surface area contributed by atoms with Gasteiger partial charge in [-0.2, -0.15) is 5.26 Å². The lowest BCUT2D eigenvalue weighted by atomic mass is 9.85. The molecule has 0 saturated heterocycles. The molecule has 1 aliphatic carbocycles. The normalized spacial score (nSPS) is 21.9. The van der Waals surface area contributed by atoms with Gasteiger partial charge in [-0.3, -0.25) is 0 Å². The Balaban J connectivity index is 1.99. The van der Waals surface area contributed by atoms with Crippen molar-refractivity contribution < 1.29 is 0 Å². The molecule has 1 saturated carbocycles. The maximum atomic E-state index is 9.30. The molecule has 0 atom stereocenters. The van der Waals surface area contributed by atoms with Crippen LogP contribution in [0.1, 0.15) is 18.4 Å². The highest BCUT2D eigenvalue weighted by Gasteiger charge is 2.32. The minimum atomic E-state index is 0.491. The second kappa shape index (κ2) is 4.56. The largest absolute Gasteiger partial charge is 0.370 e. The lowest BCUT2D eigenvalue weighted by Crippen LogP contribution is -2.50. The number of aromatic nitrogens is 2. The Morgan fingerprint density at radius 1 is 1.53 bits per heavy atom. The van der Waals surface area contributed by atoms with Gasteiger partial charge in [0.25, 0.3) is 0 Å². The van der Waals surface area contributed by atoms with E-state index >= 15 is 0 Å². The molecular formula is C14H17N5. The van der Waals surface area contributed by atoms with Gasteiger partial charge in [0.1, 0.15) is 11.7 Å². The van der Waals surface area contributed by atoms with Gasteiger partial charge in [-0.1, -0.05) is 0 Å². The number of aromatic amines is 1. The zero-order valence-corrected chi connectivity index (χ0v) is 11.1. The third-order valence-electron chi connectivity index (χ3n) is 4.10. The molecule has 5 heteroatoms. The Kier molecular flexibility index (Phi) is 2.88. The van der Waals surface area contributed by atoms with Gasteiger partial charge in [-0.25, -0.2) is 4.98 Å². The number of H-pyrrole nitrogens is 1. The van der Waals surface area contributed by atoms with Crippen molar-refractivity contribution in [3.63, 3.8) is 0 Å². The Hall–Kier alpha value is -2.06. The predicted octanol–water partition coefficient (Wildman–Crippen LogP) is 1.62. The van der Waals surface area contributed by atoms with Crippen LogP contribution in [0.25, 0.3) is 11.0 Å². The summed E-state index contributed by atoms with van der Waals surface area (Å²) < 4.78 is 0. The molecule has 0 unspecified atom stereocenters. The summed E-state index contributed by atoms with van der Waals surface area (Å²) in [6.45, 7) is 0. The van der Waals surface area contributed by atoms with Crippen molar-refractivity contribution >= 4 is 16.7 Å². The van der Waals surface area contributed by atoms with Crippen LogP contribution in [0, 0.1) is 11.3 Å². The number of rotatable bonds is 3. The molecule has 3 rings (SSSR count). The van der Waals surface area contributed by atoms with E-state index in [-0.39, 0.29) is 0 Å². The molecule has 2 aromatic rings. The van der Waals surface area contributed by atoms with Crippen molar-refractivity contribution in [2.75, 3.05) is 19.0 Å². The van der Waals surface area contributed by atoms with Crippen molar-refractivity contribution in [1.29, 1.82) is 5.26 Å². The molecule has 1 aliphatic rings. The first-order chi connectivity index (χ1) is 9.24. The molecule has 19 heavy (non-hydrogen) atoms. The summed E-state index contributed by atoms with van der Waals surface area (Å²) in [6.07, 6.45) is 5.75. The fourth-order valence-corrected chi connectivity index (χ4v) is 2.78. The fourth-order valence-electron chi connectivity index (χ4n) is 2.78. The number of hydrogen-bond acceptors (Lipinski definition) is 4. The van der Waals surface area contributed by atoms with E-state index in [1.165, 1.54) is 0 Å². The first kappa shape index (κ1) is 12.0. The number of nitrogens with zero attached hydrogens (tertiary/aromatic N) is 3. The third kappa shape index (κ3) is 1.85. The average molecular weight is 255 g/mol. The maximum absolute atomic E-state index is 9.30. The summed E-state index contributed by atoms with van der Waals surface area (Å²) in [5.74, 6) is 0. The molecule has 1 fully saturated rings. The van der Waals surface area contributed by atoms with Gasteiger partial charge < -0.3 is 15.2 Å². The van der Waals surface area contributed by atoms with Gasteiger partial charge in [0.05, 0.1) is 11.3 Å². The van der Waals surface area contributed by atoms with Gasteiger partial charge in [0.15, 0.2) is 0 Å². The number of hydrogen-bond donors (Lipinski definition) is 2. The monoisotopic (exact) mass is 255 g/mol. The first-order valence-electron chi connectivity index (χ1n) is 6.51. The summed E-state index contributed by atoms with van der Waals surface area (Å²) in [5, 5.41) is 13.6. The van der Waals surface area contributed by atoms with E-state index in [2.05, 4.69) is 33.3 Å². The lowest BCUT2D eigenvalue weighted by molar-refractivity contribution is 0.299. The Labute approximate surface area is 112 Å². The van der Waals surface area contributed by atoms with E-state index in [0.717, 1.165) is 29.6 Å². The molecule has 2 heterocycles. The summed E-state index contributed by atoms with van der Waals surface area (Å²) >= 11 is 0. The van der Waals surface area contributed by atoms with E-state index in [0.29, 0.717) is 17.6 Å². The van der Waals surface area contributed by atoms with Gasteiger partial charge in [0, 0.05) is 36.9 Å². The molecule has 0 aliphatic heterocycles. The van der Waals surface area contributed by atoms with Crippen molar-refractivity contribution in [2.24, 2.45) is 0 Å². The van der Waals surface area contributed by atoms with Crippen LogP contribution in [0.4, 0.5) is 5.69 Å². The summed E-state index contributed by atoms with van der Waals surface area (Å²) in [6, 6.07) is 5.33. The van der Waals surface area contributed by atoms with Crippen LogP contribution in [0.15, 0.2) is 18.5 Å². The van der Waals surface area contributed by atoms with Crippen LogP contribution >= 0.6 is 0 Å². The highest BCUT2D eigenvalue weighted by atomic mass is 15.2. The Morgan fingerprint density at radius 3 is 3.00 bits per heavy atom. The van der Waals surface area contributed by atoms with Gasteiger partial charge in [-0.15, -0.1) is 0 Å². The minimum Gasteiger partial charge on any atom is -0.370 e. The SMILES string of the molecule is CNC1CC(N(C)c2c(C#N)cnc3[nH]ccc23)C1. The van der Waals surface area contributed by atoms with E-state index < -0.39 is 0 Å². The van der Waals surface area contributed by atoms with Gasteiger partial charge >= 0.3 is 0 Å². The van der Waals surface area contributed by atoms with Crippen LogP contribution in [-0.4, -0.2) is 36.1 Å². The molecule has 5 nitrogen and oxygen atoms in total. The van der Waals surface area contributed by atoms with E-state index in [4.69, 9.17) is 0 Å². The standard InChI is InChI=1S/C14H17N5/c1-16-10-5-11(6-10)19(2)13-9(7-15)8-18-14-12(13)3-4-17-14/h3-4,8,10-11,16H,5-6H2,1-2H3,(H,17,18). The molecule has 0 amide bonds. The lowest BCUT2D eigenvalue weighted by Gasteiger charge is -2.42. The third-order valence-corrected chi connectivity index (χ3v) is 4.10. The second-order valence-electron chi connectivity index (χ2n) is 5.09. The highest BCUT2D eigenvalue weighted by molar-refractivity contribution is 5.93. The quantitative estimate of drug-likeness (QED) is 0.874. The maximum Gasteiger partial charge on any atom is 0.139 e. The van der Waals surface area contributed by atoms with E-state index in [1.54, 1.807) is 6.20 Å². The number of fused-ring (bicyclic) bond motifs is 1. The molecule has 2 aromatic heterocycles. The van der Waals surface area contributed by atoms with Crippen molar-refractivity contribution in [3.8, 4) is 6.07 Å². The smallest absolute Gasteiger partial charge is 0.139 e. The predicted molar refractivity (Wildman–Crippen MR) is 75.1 cm³/mol. The Bertz CT molecular complexity index is 633. The van der Waals surface area contributed by atoms with Gasteiger partial charge in [-0.05, 0) is 26.0 Å². The molecule has 98 valence electrons. The molecule has 0 bridgehead atoms. The van der Waals surface area contributed by atoms with Crippen molar-refractivity contribution in [2.45, 2.75) is 24.9 Å². The minimum absolute atomic E-state index is 0.491. The number of anilines is 1. The molecule has 0 aromatic carbocycles. The molecule has 0 radical (unpaired) electrons. The number of nitrogens with one attached hydrogen (secondary N) is 2. The first-order valence-corrected chi connectivity index (χ1v) is 6.51. The number of nitriles is 1. The zero-order valence-electron chi connectivity index (χ0n) is 11.1. The fraction of sp³-hybridized carbons (Fsp3) is 0.429. The molecular weight excluding hydrogens is 238 g/mol. The Morgan fingerprint density at radius 2 is 2.32 bits per heavy atom. The van der Waals surface area contributed by atoms with Crippen LogP contribution < -0.4 is 10.2 Å². The summed E-state index contributed by atoms with van der Waals surface area (Å²) in [5.41, 5.74) is 2.47. The second-order valence-corrected chi connectivity index (χ2v) is 5.09. The van der Waals surface area contributed by atoms with Crippen molar-refractivity contribution in [3.05, 3.63) is 24.0 Å². The highest BCUT2D eigenvalue weighted by Crippen LogP contribution is 2.34. The van der Waals surface area contributed by atoms with Crippen LogP contribution in [-0.2, 0) is 0 Å². The molecule has 0 spiro atoms. The van der Waals surface area contributed by atoms with Crippen LogP contribution in [0.2, 0.25) is 0 Å². The summed E-state index contributed by atoms with van der Waals surface area (Å²) in [7, 11) is 4.07. The van der Waals surface area contributed by atoms with Gasteiger partial charge in [0.2, 0.25) is 0 Å². The number of pyridine rings is 1. The van der Waals surface area contributed by atoms with Crippen molar-refractivity contribution in [1.82, 2.24) is 15.3 Å². The molecule has 2 N–H and O–H groups in total. The summed E-state index contributed by atoms with van der Waals surface area (Å²) in [4.78, 5) is 9.60. The zero-order chi connectivity index (χ0) is 13.4. The van der Waals surface area contributed by atoms with Crippen LogP contribution in [0.5, 0.6) is 0 Å². The van der Waals surface area contributed by atoms with E-state index in [9.17, 15) is 5.26 Å². The van der Waals surface area contributed by atoms with Crippen LogP contribution in [0.3, 0.4) is 0 Å². The van der Waals surface area contributed by atoms with E-state index in [1.807, 2.05) is 19.3 Å².